The third-order valence-electron chi connectivity index (χ3n) is 3.27. The van der Waals surface area contributed by atoms with Gasteiger partial charge in [-0.25, -0.2) is 0 Å². The highest BCUT2D eigenvalue weighted by molar-refractivity contribution is 7.34. The fourth-order valence-electron chi connectivity index (χ4n) is 1.92. The lowest BCUT2D eigenvalue weighted by molar-refractivity contribution is 0.296. The van der Waals surface area contributed by atoms with E-state index in [9.17, 15) is 0 Å². The number of hydrogen-bond donors (Lipinski definition) is 1. The van der Waals surface area contributed by atoms with Gasteiger partial charge in [0.15, 0.2) is 0 Å². The van der Waals surface area contributed by atoms with Crippen molar-refractivity contribution in [1.82, 2.24) is 19.8 Å². The third kappa shape index (κ3) is 36.1. The summed E-state index contributed by atoms with van der Waals surface area (Å²) in [5.41, 5.74) is 0. The summed E-state index contributed by atoms with van der Waals surface area (Å²) in [6.45, 7) is 21.4. The molecular formula is C20H53N4P. The first-order valence-electron chi connectivity index (χ1n) is 10.5. The lowest BCUT2D eigenvalue weighted by Crippen LogP contribution is -2.27. The minimum absolute atomic E-state index is 0.933. The lowest BCUT2D eigenvalue weighted by Gasteiger charge is -2.18. The largest absolute Gasteiger partial charge is 0.317 e. The van der Waals surface area contributed by atoms with Crippen molar-refractivity contribution >= 4 is 8.73 Å². The van der Waals surface area contributed by atoms with Crippen LogP contribution >= 0.6 is 8.73 Å². The highest BCUT2D eigenvalue weighted by Crippen LogP contribution is 2.07. The average molecular weight is 381 g/mol. The van der Waals surface area contributed by atoms with E-state index in [1.165, 1.54) is 45.4 Å². The van der Waals surface area contributed by atoms with Crippen LogP contribution in [0.15, 0.2) is 0 Å². The van der Waals surface area contributed by atoms with E-state index in [4.69, 9.17) is 0 Å². The predicted octanol–water partition coefficient (Wildman–Crippen LogP) is 4.47. The molecule has 0 rings (SSSR count). The van der Waals surface area contributed by atoms with E-state index in [1.54, 1.807) is 0 Å². The van der Waals surface area contributed by atoms with Gasteiger partial charge in [-0.15, -0.1) is 0 Å². The van der Waals surface area contributed by atoms with Crippen LogP contribution in [-0.4, -0.2) is 88.6 Å². The Kier molecular flexibility index (Phi) is 42.1. The van der Waals surface area contributed by atoms with Crippen LogP contribution in [0, 0.1) is 0 Å². The summed E-state index contributed by atoms with van der Waals surface area (Å²) in [7, 11) is 9.64. The van der Waals surface area contributed by atoms with Crippen molar-refractivity contribution in [3.05, 3.63) is 0 Å². The maximum atomic E-state index is 3.54. The van der Waals surface area contributed by atoms with Crippen LogP contribution in [0.25, 0.3) is 0 Å². The highest BCUT2D eigenvalue weighted by Gasteiger charge is 1.99. The lowest BCUT2D eigenvalue weighted by atomic mass is 10.3. The van der Waals surface area contributed by atoms with Gasteiger partial charge in [-0.05, 0) is 86.8 Å². The summed E-state index contributed by atoms with van der Waals surface area (Å²) < 4.78 is 2.39. The number of nitrogens with zero attached hydrogens (tertiary/aromatic N) is 3. The van der Waals surface area contributed by atoms with Crippen molar-refractivity contribution in [2.45, 2.75) is 60.8 Å². The SMILES string of the molecule is CC.CC.CC.CPN(C)CCCNCCCN(C)CCCN(C)C. The molecule has 0 aromatic heterocycles. The van der Waals surface area contributed by atoms with E-state index < -0.39 is 0 Å². The molecule has 0 bridgehead atoms. The first kappa shape index (κ1) is 32.9. The number of rotatable bonds is 13. The molecule has 0 aliphatic heterocycles. The van der Waals surface area contributed by atoms with Crippen LogP contribution < -0.4 is 5.32 Å². The molecule has 0 saturated heterocycles. The van der Waals surface area contributed by atoms with Crippen molar-refractivity contribution in [3.63, 3.8) is 0 Å². The quantitative estimate of drug-likeness (QED) is 0.376. The molecule has 0 aliphatic rings. The van der Waals surface area contributed by atoms with Crippen LogP contribution in [0.2, 0.25) is 0 Å². The van der Waals surface area contributed by atoms with Gasteiger partial charge in [0.25, 0.3) is 0 Å². The fraction of sp³-hybridized carbons (Fsp3) is 1.00. The van der Waals surface area contributed by atoms with E-state index in [0.717, 1.165) is 21.8 Å². The molecule has 5 heteroatoms. The standard InChI is InChI=1S/C14H35N4P.3C2H6/c1-16(2)11-8-13-17(3)12-6-9-15-10-7-14-18(4)19-5;3*1-2/h15,19H,6-14H2,1-5H3;3*1-2H3. The Morgan fingerprint density at radius 1 is 0.640 bits per heavy atom. The summed E-state index contributed by atoms with van der Waals surface area (Å²) in [6, 6.07) is 0. The van der Waals surface area contributed by atoms with Crippen LogP contribution in [0.1, 0.15) is 60.8 Å². The van der Waals surface area contributed by atoms with Gasteiger partial charge in [0, 0.05) is 6.54 Å². The monoisotopic (exact) mass is 380 g/mol. The van der Waals surface area contributed by atoms with Gasteiger partial charge in [-0.2, -0.15) is 0 Å². The van der Waals surface area contributed by atoms with E-state index in [1.807, 2.05) is 41.5 Å². The average Bonchev–Trinajstić information content (AvgIpc) is 2.65. The van der Waals surface area contributed by atoms with Crippen LogP contribution in [0.3, 0.4) is 0 Å². The van der Waals surface area contributed by atoms with E-state index in [0.29, 0.717) is 0 Å². The maximum Gasteiger partial charge on any atom is 0.00275 e. The molecule has 25 heavy (non-hydrogen) atoms. The van der Waals surface area contributed by atoms with Crippen molar-refractivity contribution in [3.8, 4) is 0 Å². The molecule has 0 spiro atoms. The third-order valence-corrected chi connectivity index (χ3v) is 4.25. The molecular weight excluding hydrogens is 327 g/mol. The van der Waals surface area contributed by atoms with Crippen LogP contribution in [-0.2, 0) is 0 Å². The summed E-state index contributed by atoms with van der Waals surface area (Å²) in [5, 5.41) is 3.54. The molecule has 1 atom stereocenters. The van der Waals surface area contributed by atoms with Crippen molar-refractivity contribution in [2.24, 2.45) is 0 Å². The zero-order valence-corrected chi connectivity index (χ0v) is 20.7. The predicted molar refractivity (Wildman–Crippen MR) is 124 cm³/mol. The van der Waals surface area contributed by atoms with Crippen molar-refractivity contribution in [1.29, 1.82) is 0 Å². The van der Waals surface area contributed by atoms with E-state index in [2.05, 4.69) is 54.6 Å². The molecule has 1 unspecified atom stereocenters. The van der Waals surface area contributed by atoms with Gasteiger partial charge in [-0.1, -0.05) is 50.3 Å². The van der Waals surface area contributed by atoms with E-state index in [-0.39, 0.29) is 0 Å². The van der Waals surface area contributed by atoms with Gasteiger partial charge in [-0.3, -0.25) is 4.67 Å². The second-order valence-electron chi connectivity index (χ2n) is 5.56. The molecule has 0 aromatic rings. The van der Waals surface area contributed by atoms with Gasteiger partial charge in [0.05, 0.1) is 0 Å². The molecule has 0 aromatic carbocycles. The molecule has 0 radical (unpaired) electrons. The smallest absolute Gasteiger partial charge is 0.00275 e. The molecule has 4 nitrogen and oxygen atoms in total. The Morgan fingerprint density at radius 2 is 1.08 bits per heavy atom. The van der Waals surface area contributed by atoms with Gasteiger partial charge >= 0.3 is 0 Å². The zero-order valence-electron chi connectivity index (χ0n) is 19.7. The van der Waals surface area contributed by atoms with Crippen molar-refractivity contribution < 1.29 is 0 Å². The summed E-state index contributed by atoms with van der Waals surface area (Å²) in [6.07, 6.45) is 3.78. The Balaban J connectivity index is -0.000000329. The molecule has 0 heterocycles. The number of nitrogens with one attached hydrogen (secondary N) is 1. The van der Waals surface area contributed by atoms with Crippen LogP contribution in [0.5, 0.6) is 0 Å². The highest BCUT2D eigenvalue weighted by atomic mass is 31.1. The molecule has 158 valence electrons. The Labute approximate surface area is 163 Å². The topological polar surface area (TPSA) is 21.8 Å². The molecule has 0 saturated carbocycles. The molecule has 1 N–H and O–H groups in total. The normalized spacial score (nSPS) is 10.3. The molecule has 0 amide bonds. The Morgan fingerprint density at radius 3 is 1.52 bits per heavy atom. The Bertz CT molecular complexity index is 193. The maximum absolute atomic E-state index is 3.54. The summed E-state index contributed by atoms with van der Waals surface area (Å²) >= 11 is 0. The minimum atomic E-state index is 0.933. The van der Waals surface area contributed by atoms with Crippen molar-refractivity contribution in [2.75, 3.05) is 74.1 Å². The zero-order chi connectivity index (χ0) is 20.5. The number of hydrogen-bond acceptors (Lipinski definition) is 4. The minimum Gasteiger partial charge on any atom is -0.317 e. The first-order chi connectivity index (χ1) is 12.1. The molecule has 0 aliphatic carbocycles. The van der Waals surface area contributed by atoms with Crippen LogP contribution in [0.4, 0.5) is 0 Å². The second kappa shape index (κ2) is 32.0. The van der Waals surface area contributed by atoms with Gasteiger partial charge in [0.2, 0.25) is 0 Å². The van der Waals surface area contributed by atoms with Gasteiger partial charge in [0.1, 0.15) is 0 Å². The van der Waals surface area contributed by atoms with Gasteiger partial charge < -0.3 is 15.1 Å². The second-order valence-corrected chi connectivity index (χ2v) is 6.77. The molecule has 0 fully saturated rings. The van der Waals surface area contributed by atoms with E-state index >= 15 is 0 Å². The Hall–Kier alpha value is 0.270. The summed E-state index contributed by atoms with van der Waals surface area (Å²) in [4.78, 5) is 4.69. The first-order valence-corrected chi connectivity index (χ1v) is 11.9. The fourth-order valence-corrected chi connectivity index (χ4v) is 2.30. The summed E-state index contributed by atoms with van der Waals surface area (Å²) in [5.74, 6) is 0.